The molecule has 0 N–H and O–H groups in total. The highest BCUT2D eigenvalue weighted by Gasteiger charge is 2.28. The molecule has 5 rings (SSSR count). The summed E-state index contributed by atoms with van der Waals surface area (Å²) in [6.45, 7) is 10.3. The predicted octanol–water partition coefficient (Wildman–Crippen LogP) is 7.22. The second-order valence-corrected chi connectivity index (χ2v) is 10.9. The Morgan fingerprint density at radius 1 is 0.923 bits per heavy atom. The lowest BCUT2D eigenvalue weighted by Crippen LogP contribution is -2.53. The van der Waals surface area contributed by atoms with Crippen LogP contribution in [0.4, 0.5) is 4.79 Å². The first-order chi connectivity index (χ1) is 18.6. The van der Waals surface area contributed by atoms with Gasteiger partial charge in [0.05, 0.1) is 0 Å². The zero-order valence-electron chi connectivity index (χ0n) is 22.5. The SMILES string of the molecule is CC(Oc1ccc(-c2nc3ccc(Oc4ccc(Cl)cc4)cc3o2)cc1)N1CCN(C(=O)OC(C)(C)C)CC1. The maximum absolute atomic E-state index is 12.3. The van der Waals surface area contributed by atoms with Gasteiger partial charge in [0.1, 0.15) is 34.6 Å². The standard InChI is InChI=1S/C30H32ClN3O5/c1-20(33-15-17-34(18-16-33)29(35)39-30(2,3)4)36-23-9-5-21(6-10-23)28-32-26-14-13-25(19-27(26)38-28)37-24-11-7-22(31)8-12-24/h5-14,19-20H,15-18H2,1-4H3. The number of nitrogens with zero attached hydrogens (tertiary/aromatic N) is 3. The summed E-state index contributed by atoms with van der Waals surface area (Å²) >= 11 is 5.95. The number of rotatable bonds is 6. The van der Waals surface area contributed by atoms with Crippen LogP contribution in [0.15, 0.2) is 71.1 Å². The Hall–Kier alpha value is -3.75. The van der Waals surface area contributed by atoms with Crippen LogP contribution in [-0.2, 0) is 4.74 Å². The minimum atomic E-state index is -0.496. The van der Waals surface area contributed by atoms with E-state index in [0.717, 1.165) is 16.8 Å². The van der Waals surface area contributed by atoms with Gasteiger partial charge in [-0.2, -0.15) is 0 Å². The van der Waals surface area contributed by atoms with Crippen LogP contribution in [-0.4, -0.2) is 58.9 Å². The Kier molecular flexibility index (Phi) is 7.68. The quantitative estimate of drug-likeness (QED) is 0.251. The molecule has 39 heavy (non-hydrogen) atoms. The van der Waals surface area contributed by atoms with Crippen LogP contribution < -0.4 is 9.47 Å². The molecule has 0 saturated carbocycles. The fraction of sp³-hybridized carbons (Fsp3) is 0.333. The number of amides is 1. The normalized spacial score (nSPS) is 15.3. The van der Waals surface area contributed by atoms with Crippen LogP contribution in [0.3, 0.4) is 0 Å². The Morgan fingerprint density at radius 2 is 1.56 bits per heavy atom. The minimum Gasteiger partial charge on any atom is -0.475 e. The predicted molar refractivity (Wildman–Crippen MR) is 150 cm³/mol. The average Bonchev–Trinajstić information content (AvgIpc) is 3.33. The van der Waals surface area contributed by atoms with Crippen molar-refractivity contribution in [2.24, 2.45) is 0 Å². The van der Waals surface area contributed by atoms with E-state index in [1.807, 2.05) is 82.3 Å². The highest BCUT2D eigenvalue weighted by atomic mass is 35.5. The molecule has 1 unspecified atom stereocenters. The molecule has 4 aromatic rings. The average molecular weight is 550 g/mol. The van der Waals surface area contributed by atoms with Crippen LogP contribution in [0, 0.1) is 0 Å². The topological polar surface area (TPSA) is 77.3 Å². The molecule has 1 amide bonds. The number of ether oxygens (including phenoxy) is 3. The van der Waals surface area contributed by atoms with Crippen LogP contribution in [0.5, 0.6) is 17.2 Å². The minimum absolute atomic E-state index is 0.139. The molecule has 1 aliphatic rings. The molecule has 8 nitrogen and oxygen atoms in total. The third kappa shape index (κ3) is 6.82. The highest BCUT2D eigenvalue weighted by Crippen LogP contribution is 2.30. The van der Waals surface area contributed by atoms with Gasteiger partial charge < -0.3 is 23.5 Å². The molecule has 1 atom stereocenters. The summed E-state index contributed by atoms with van der Waals surface area (Å²) in [5, 5.41) is 0.654. The number of oxazole rings is 1. The maximum atomic E-state index is 12.3. The largest absolute Gasteiger partial charge is 0.475 e. The van der Waals surface area contributed by atoms with E-state index >= 15 is 0 Å². The Labute approximate surface area is 233 Å². The second kappa shape index (κ2) is 11.2. The van der Waals surface area contributed by atoms with Gasteiger partial charge in [-0.3, -0.25) is 4.90 Å². The van der Waals surface area contributed by atoms with Crippen molar-refractivity contribution in [2.75, 3.05) is 26.2 Å². The number of hydrogen-bond donors (Lipinski definition) is 0. The smallest absolute Gasteiger partial charge is 0.410 e. The number of piperazine rings is 1. The summed E-state index contributed by atoms with van der Waals surface area (Å²) in [6.07, 6.45) is -0.407. The van der Waals surface area contributed by atoms with E-state index in [1.165, 1.54) is 0 Å². The molecule has 0 aliphatic carbocycles. The van der Waals surface area contributed by atoms with Gasteiger partial charge in [0.2, 0.25) is 5.89 Å². The van der Waals surface area contributed by atoms with Crippen LogP contribution >= 0.6 is 11.6 Å². The molecule has 0 bridgehead atoms. The fourth-order valence-corrected chi connectivity index (χ4v) is 4.40. The summed E-state index contributed by atoms with van der Waals surface area (Å²) in [5.74, 6) is 2.60. The van der Waals surface area contributed by atoms with Crippen molar-refractivity contribution in [2.45, 2.75) is 39.5 Å². The second-order valence-electron chi connectivity index (χ2n) is 10.4. The van der Waals surface area contributed by atoms with Gasteiger partial charge in [-0.05, 0) is 88.4 Å². The fourth-order valence-electron chi connectivity index (χ4n) is 4.27. The number of halogens is 1. The maximum Gasteiger partial charge on any atom is 0.410 e. The summed E-state index contributed by atoms with van der Waals surface area (Å²) in [4.78, 5) is 20.9. The molecule has 204 valence electrons. The number of benzene rings is 3. The lowest BCUT2D eigenvalue weighted by atomic mass is 10.2. The molecule has 1 aliphatic heterocycles. The Morgan fingerprint density at radius 3 is 2.23 bits per heavy atom. The third-order valence-corrected chi connectivity index (χ3v) is 6.55. The van der Waals surface area contributed by atoms with Crippen molar-refractivity contribution in [3.63, 3.8) is 0 Å². The van der Waals surface area contributed by atoms with Crippen LogP contribution in [0.2, 0.25) is 5.02 Å². The number of aromatic nitrogens is 1. The van der Waals surface area contributed by atoms with E-state index < -0.39 is 5.60 Å². The van der Waals surface area contributed by atoms with Crippen molar-refractivity contribution in [3.05, 3.63) is 71.8 Å². The van der Waals surface area contributed by atoms with Crippen LogP contribution in [0.1, 0.15) is 27.7 Å². The lowest BCUT2D eigenvalue weighted by molar-refractivity contribution is -0.0149. The molecular formula is C30H32ClN3O5. The summed E-state index contributed by atoms with van der Waals surface area (Å²) in [6, 6.07) is 20.4. The molecule has 1 saturated heterocycles. The molecule has 1 fully saturated rings. The summed E-state index contributed by atoms with van der Waals surface area (Å²) < 4.78 is 23.6. The number of hydrogen-bond acceptors (Lipinski definition) is 7. The van der Waals surface area contributed by atoms with E-state index in [0.29, 0.717) is 54.2 Å². The monoisotopic (exact) mass is 549 g/mol. The zero-order chi connectivity index (χ0) is 27.6. The number of carbonyl (C=O) groups excluding carboxylic acids is 1. The van der Waals surface area contributed by atoms with Gasteiger partial charge >= 0.3 is 6.09 Å². The molecule has 1 aromatic heterocycles. The van der Waals surface area contributed by atoms with Crippen molar-refractivity contribution >= 4 is 28.8 Å². The van der Waals surface area contributed by atoms with E-state index in [9.17, 15) is 4.79 Å². The van der Waals surface area contributed by atoms with E-state index in [-0.39, 0.29) is 12.3 Å². The van der Waals surface area contributed by atoms with Crippen molar-refractivity contribution in [3.8, 4) is 28.7 Å². The van der Waals surface area contributed by atoms with E-state index in [1.54, 1.807) is 17.0 Å². The van der Waals surface area contributed by atoms with Crippen molar-refractivity contribution in [1.82, 2.24) is 14.8 Å². The first kappa shape index (κ1) is 26.8. The first-order valence-electron chi connectivity index (χ1n) is 13.0. The van der Waals surface area contributed by atoms with Gasteiger partial charge in [-0.15, -0.1) is 0 Å². The van der Waals surface area contributed by atoms with E-state index in [4.69, 9.17) is 30.2 Å². The third-order valence-electron chi connectivity index (χ3n) is 6.30. The highest BCUT2D eigenvalue weighted by molar-refractivity contribution is 6.30. The lowest BCUT2D eigenvalue weighted by Gasteiger charge is -2.38. The summed E-state index contributed by atoms with van der Waals surface area (Å²) in [7, 11) is 0. The molecule has 9 heteroatoms. The van der Waals surface area contributed by atoms with Gasteiger partial charge in [0.25, 0.3) is 0 Å². The molecular weight excluding hydrogens is 518 g/mol. The summed E-state index contributed by atoms with van der Waals surface area (Å²) in [5.41, 5.74) is 1.73. The first-order valence-corrected chi connectivity index (χ1v) is 13.3. The number of fused-ring (bicyclic) bond motifs is 1. The van der Waals surface area contributed by atoms with Gasteiger partial charge in [-0.1, -0.05) is 11.6 Å². The zero-order valence-corrected chi connectivity index (χ0v) is 23.3. The molecule has 2 heterocycles. The Balaban J connectivity index is 1.18. The molecule has 3 aromatic carbocycles. The van der Waals surface area contributed by atoms with Gasteiger partial charge in [-0.25, -0.2) is 9.78 Å². The van der Waals surface area contributed by atoms with Crippen LogP contribution in [0.25, 0.3) is 22.6 Å². The molecule has 0 spiro atoms. The van der Waals surface area contributed by atoms with Gasteiger partial charge in [0, 0.05) is 42.8 Å². The Bertz CT molecular complexity index is 1420. The number of carbonyl (C=O) groups is 1. The van der Waals surface area contributed by atoms with Gasteiger partial charge in [0.15, 0.2) is 5.58 Å². The van der Waals surface area contributed by atoms with Crippen molar-refractivity contribution < 1.29 is 23.4 Å². The van der Waals surface area contributed by atoms with E-state index in [2.05, 4.69) is 9.88 Å². The van der Waals surface area contributed by atoms with Crippen molar-refractivity contribution in [1.29, 1.82) is 0 Å². The molecule has 0 radical (unpaired) electrons.